The number of aromatic amines is 1. The second-order valence-corrected chi connectivity index (χ2v) is 25.6. The Morgan fingerprint density at radius 3 is 2.25 bits per heavy atom. The summed E-state index contributed by atoms with van der Waals surface area (Å²) < 4.78 is 60.9. The number of aliphatic hydroxyl groups is 1. The Balaban J connectivity index is 0.631. The summed E-state index contributed by atoms with van der Waals surface area (Å²) in [5, 5.41) is 44.4. The minimum atomic E-state index is -2.06. The molecule has 0 radical (unpaired) electrons. The fourth-order valence-corrected chi connectivity index (χ4v) is 12.6. The van der Waals surface area contributed by atoms with Crippen LogP contribution >= 0.6 is 0 Å². The van der Waals surface area contributed by atoms with Crippen molar-refractivity contribution in [3.05, 3.63) is 103 Å². The van der Waals surface area contributed by atoms with Crippen molar-refractivity contribution in [2.75, 3.05) is 97.8 Å². The minimum Gasteiger partial charge on any atom is -0.458 e. The third kappa shape index (κ3) is 20.8. The maximum absolute atomic E-state index is 15.4. The van der Waals surface area contributed by atoms with Gasteiger partial charge in [0.15, 0.2) is 5.60 Å². The Kier molecular flexibility index (Phi) is 28.3. The van der Waals surface area contributed by atoms with Gasteiger partial charge in [0, 0.05) is 47.8 Å². The van der Waals surface area contributed by atoms with Gasteiger partial charge in [-0.3, -0.25) is 33.6 Å². The lowest BCUT2D eigenvalue weighted by Crippen LogP contribution is -2.54. The van der Waals surface area contributed by atoms with Gasteiger partial charge in [0.2, 0.25) is 35.4 Å². The summed E-state index contributed by atoms with van der Waals surface area (Å²) >= 11 is 0. The van der Waals surface area contributed by atoms with Crippen molar-refractivity contribution in [1.82, 2.24) is 62.2 Å². The van der Waals surface area contributed by atoms with Gasteiger partial charge in [-0.2, -0.15) is 15.4 Å². The monoisotopic (exact) mass is 1440 g/mol. The van der Waals surface area contributed by atoms with Gasteiger partial charge in [0.05, 0.1) is 93.6 Å². The number of ether oxygens (including phenoxy) is 8. The lowest BCUT2D eigenvalue weighted by atomic mass is 9.81. The number of carbonyl (C=O) groups excluding carboxylic acids is 9. The molecule has 9 amide bonds. The van der Waals surface area contributed by atoms with E-state index < -0.39 is 109 Å². The van der Waals surface area contributed by atoms with Crippen LogP contribution < -0.4 is 53.8 Å². The number of cyclic esters (lactones) is 1. The number of hydrogen-bond acceptors (Lipinski definition) is 22. The molecular formula is C69H91FN14O19. The lowest BCUT2D eigenvalue weighted by Gasteiger charge is -2.31. The lowest BCUT2D eigenvalue weighted by molar-refractivity contribution is -0.172. The molecule has 0 fully saturated rings. The van der Waals surface area contributed by atoms with Crippen LogP contribution in [-0.2, 0) is 110 Å². The Morgan fingerprint density at radius 2 is 1.52 bits per heavy atom. The zero-order valence-electron chi connectivity index (χ0n) is 58.2. The maximum Gasteiger partial charge on any atom is 0.407 e. The molecule has 5 heterocycles. The molecule has 558 valence electrons. The van der Waals surface area contributed by atoms with Gasteiger partial charge >= 0.3 is 18.1 Å². The number of esters is 1. The third-order valence-corrected chi connectivity index (χ3v) is 18.1. The van der Waals surface area contributed by atoms with Crippen LogP contribution in [0, 0.1) is 18.7 Å². The molecule has 12 N–H and O–H groups in total. The van der Waals surface area contributed by atoms with Gasteiger partial charge in [-0.25, -0.2) is 23.8 Å². The molecule has 3 aromatic heterocycles. The molecule has 5 aromatic rings. The zero-order valence-corrected chi connectivity index (χ0v) is 58.2. The number of amides is 9. The normalized spacial score (nSPS) is 17.0. The number of aryl methyl sites for hydroxylation is 2. The molecule has 34 heteroatoms. The number of H-pyrrole nitrogens is 1. The first-order valence-corrected chi connectivity index (χ1v) is 34.6. The standard InChI is InChI=1S/C69H91FN14O19/c1-5-69(95)46-30-52-61-44(33-84(52)65(91)45(46)35-102-66(69)92)59-48(18-17-43-40(4)47(70)31-51(78-61)58(43)59)77-57(88)36-100-38-75-55(86)32-74-68(94)103-34-41-13-15-42(16-14-41)76-63(89)50(11-9-20-73-67(71)93)79-64(90)60(39(2)3)80-54(85)19-22-96-24-26-98-28-29-99-27-25-97-23-21-72-56(87)37-101-53-12-8-6-7-10-49-62(53)82-83-81-49/h13-16,30-31,39,48,50,53,60,95H,5-12,17-29,32-38H2,1-4H3,(H,72,87)(H,74,94)(H,75,86)(H,76,89)(H,77,88)(H,79,90)(H,80,85)(H3,71,73,93)(H,81,82,83). The Morgan fingerprint density at radius 1 is 0.786 bits per heavy atom. The van der Waals surface area contributed by atoms with E-state index in [4.69, 9.17) is 48.6 Å². The van der Waals surface area contributed by atoms with E-state index in [-0.39, 0.29) is 102 Å². The van der Waals surface area contributed by atoms with Crippen molar-refractivity contribution in [3.8, 4) is 11.4 Å². The number of carbonyl (C=O) groups is 9. The fraction of sp³-hybridized carbons (Fsp3) is 0.551. The number of rotatable bonds is 38. The van der Waals surface area contributed by atoms with Gasteiger partial charge in [0.1, 0.15) is 69.4 Å². The van der Waals surface area contributed by atoms with Crippen molar-refractivity contribution in [1.29, 1.82) is 0 Å². The summed E-state index contributed by atoms with van der Waals surface area (Å²) in [5.74, 6) is -4.87. The number of pyridine rings is 2. The van der Waals surface area contributed by atoms with E-state index in [0.717, 1.165) is 49.1 Å². The second-order valence-electron chi connectivity index (χ2n) is 25.6. The number of nitrogens with one attached hydrogen (secondary N) is 9. The topological polar surface area (TPSA) is 446 Å². The number of nitrogens with two attached hydrogens (primary N) is 1. The molecule has 0 saturated heterocycles. The summed E-state index contributed by atoms with van der Waals surface area (Å²) in [6.45, 7) is 7.25. The summed E-state index contributed by atoms with van der Waals surface area (Å²) in [5.41, 5.74) is 8.86. The number of anilines is 1. The average Bonchev–Trinajstić information content (AvgIpc) is 1.61. The fourth-order valence-electron chi connectivity index (χ4n) is 12.6. The highest BCUT2D eigenvalue weighted by Crippen LogP contribution is 2.46. The van der Waals surface area contributed by atoms with E-state index in [2.05, 4.69) is 57.9 Å². The zero-order chi connectivity index (χ0) is 73.6. The Hall–Kier alpha value is -9.58. The summed E-state index contributed by atoms with van der Waals surface area (Å²) in [4.78, 5) is 134. The van der Waals surface area contributed by atoms with Crippen LogP contribution in [0.2, 0.25) is 0 Å². The average molecular weight is 1440 g/mol. The molecule has 0 spiro atoms. The molecule has 2 aliphatic heterocycles. The quantitative estimate of drug-likeness (QED) is 0.0150. The van der Waals surface area contributed by atoms with Crippen LogP contribution in [0.15, 0.2) is 41.2 Å². The first kappa shape index (κ1) is 77.6. The van der Waals surface area contributed by atoms with Gasteiger partial charge in [-0.15, -0.1) is 0 Å². The van der Waals surface area contributed by atoms with Gasteiger partial charge < -0.3 is 95.8 Å². The molecule has 4 aliphatic rings. The van der Waals surface area contributed by atoms with Crippen molar-refractivity contribution in [2.45, 2.75) is 148 Å². The number of primary amides is 1. The predicted octanol–water partition coefficient (Wildman–Crippen LogP) is 2.23. The first-order chi connectivity index (χ1) is 49.6. The second kappa shape index (κ2) is 37.6. The summed E-state index contributed by atoms with van der Waals surface area (Å²) in [6.07, 6.45) is 4.52. The molecule has 2 aromatic carbocycles. The minimum absolute atomic E-state index is 0.0451. The Labute approximate surface area is 592 Å². The number of fused-ring (bicyclic) bond motifs is 6. The van der Waals surface area contributed by atoms with Crippen LogP contribution in [0.3, 0.4) is 0 Å². The van der Waals surface area contributed by atoms with E-state index in [1.54, 1.807) is 58.0 Å². The SMILES string of the molecule is CCC1(O)C(=O)OCc2c1cc1n(c2=O)Cc2c-1nc1cc(F)c(C)c3c1c2C(NC(=O)COCNC(=O)CNC(=O)OCc1ccc(NC(=O)C(CCCNC(N)=O)NC(=O)C(NC(=O)CCOCCOCCOCCOCCNC(=O)COC2CCCCCc4n[nH]nc42)C(C)C)cc1)CC3. The molecule has 103 heavy (non-hydrogen) atoms. The van der Waals surface area contributed by atoms with E-state index in [9.17, 15) is 53.1 Å². The van der Waals surface area contributed by atoms with Crippen molar-refractivity contribution < 1.29 is 90.5 Å². The number of benzene rings is 2. The molecule has 5 unspecified atom stereocenters. The largest absolute Gasteiger partial charge is 0.458 e. The number of urea groups is 1. The molecule has 5 atom stereocenters. The highest BCUT2D eigenvalue weighted by molar-refractivity contribution is 5.99. The van der Waals surface area contributed by atoms with Crippen LogP contribution in [0.5, 0.6) is 0 Å². The van der Waals surface area contributed by atoms with Crippen LogP contribution in [0.1, 0.15) is 141 Å². The van der Waals surface area contributed by atoms with Crippen LogP contribution in [0.25, 0.3) is 22.3 Å². The first-order valence-electron chi connectivity index (χ1n) is 34.6. The summed E-state index contributed by atoms with van der Waals surface area (Å²) in [6, 6.07) is 5.57. The molecule has 0 saturated carbocycles. The number of hydrogen-bond donors (Lipinski definition) is 11. The molecule has 9 rings (SSSR count). The van der Waals surface area contributed by atoms with Crippen molar-refractivity contribution >= 4 is 70.1 Å². The van der Waals surface area contributed by atoms with Gasteiger partial charge in [-0.1, -0.05) is 45.7 Å². The summed E-state index contributed by atoms with van der Waals surface area (Å²) in [7, 11) is 0. The third-order valence-electron chi connectivity index (χ3n) is 18.1. The van der Waals surface area contributed by atoms with Gasteiger partial charge in [-0.05, 0) is 105 Å². The number of halogens is 1. The number of aromatic nitrogens is 5. The number of alkyl carbamates (subject to hydrolysis) is 1. The van der Waals surface area contributed by atoms with E-state index in [1.807, 2.05) is 0 Å². The highest BCUT2D eigenvalue weighted by Gasteiger charge is 2.46. The van der Waals surface area contributed by atoms with Gasteiger partial charge in [0.25, 0.3) is 5.56 Å². The smallest absolute Gasteiger partial charge is 0.407 e. The Bertz CT molecular complexity index is 3930. The molecule has 2 aliphatic carbocycles. The van der Waals surface area contributed by atoms with E-state index >= 15 is 4.39 Å². The molecule has 33 nitrogen and oxygen atoms in total. The highest BCUT2D eigenvalue weighted by atomic mass is 19.1. The predicted molar refractivity (Wildman–Crippen MR) is 364 cm³/mol. The van der Waals surface area contributed by atoms with E-state index in [0.29, 0.717) is 103 Å². The van der Waals surface area contributed by atoms with E-state index in [1.165, 1.54) is 10.6 Å². The van der Waals surface area contributed by atoms with Crippen LogP contribution in [-0.4, -0.2) is 188 Å². The van der Waals surface area contributed by atoms with Crippen LogP contribution in [0.4, 0.5) is 19.7 Å². The van der Waals surface area contributed by atoms with Crippen molar-refractivity contribution in [2.24, 2.45) is 11.7 Å². The molecule has 0 bridgehead atoms. The van der Waals surface area contributed by atoms with Crippen molar-refractivity contribution in [3.63, 3.8) is 0 Å². The number of nitrogens with zero attached hydrogens (tertiary/aromatic N) is 4. The molecular weight excluding hydrogens is 1350 g/mol. The maximum atomic E-state index is 15.4.